The van der Waals surface area contributed by atoms with E-state index in [1.807, 2.05) is 18.2 Å². The van der Waals surface area contributed by atoms with Crippen LogP contribution < -0.4 is 10.5 Å². The van der Waals surface area contributed by atoms with Crippen molar-refractivity contribution in [3.05, 3.63) is 88.2 Å². The largest absolute Gasteiger partial charge is 0.481 e. The van der Waals surface area contributed by atoms with Crippen LogP contribution in [0, 0.1) is 0 Å². The van der Waals surface area contributed by atoms with Crippen LogP contribution in [0.25, 0.3) is 5.57 Å². The summed E-state index contributed by atoms with van der Waals surface area (Å²) in [4.78, 5) is 14.8. The average Bonchev–Trinajstić information content (AvgIpc) is 2.78. The van der Waals surface area contributed by atoms with Gasteiger partial charge in [0.2, 0.25) is 0 Å². The maximum Gasteiger partial charge on any atom is 0.303 e. The van der Waals surface area contributed by atoms with Gasteiger partial charge in [-0.25, -0.2) is 8.42 Å². The van der Waals surface area contributed by atoms with Crippen LogP contribution in [0.5, 0.6) is 0 Å². The van der Waals surface area contributed by atoms with E-state index in [1.54, 1.807) is 36.7 Å². The lowest BCUT2D eigenvalue weighted by Crippen LogP contribution is -2.13. The molecule has 0 amide bonds. The van der Waals surface area contributed by atoms with E-state index in [0.717, 1.165) is 16.7 Å². The molecule has 1 aromatic heterocycles. The van der Waals surface area contributed by atoms with Gasteiger partial charge >= 0.3 is 5.97 Å². The lowest BCUT2D eigenvalue weighted by Gasteiger charge is -2.12. The molecule has 0 aliphatic rings. The fraction of sp³-hybridized carbons (Fsp3) is 0.130. The van der Waals surface area contributed by atoms with E-state index in [2.05, 4.69) is 9.71 Å². The molecule has 172 valence electrons. The van der Waals surface area contributed by atoms with Crippen LogP contribution in [0.1, 0.15) is 30.4 Å². The number of nitrogens with zero attached hydrogens (tertiary/aromatic N) is 1. The second kappa shape index (κ2) is 10.7. The van der Waals surface area contributed by atoms with Gasteiger partial charge in [-0.2, -0.15) is 0 Å². The number of unbranched alkanes of at least 4 members (excludes halogenated alkanes) is 1. The number of rotatable bonds is 9. The summed E-state index contributed by atoms with van der Waals surface area (Å²) < 4.78 is 28.0. The van der Waals surface area contributed by atoms with Crippen molar-refractivity contribution in [3.63, 3.8) is 0 Å². The van der Waals surface area contributed by atoms with E-state index >= 15 is 0 Å². The highest BCUT2D eigenvalue weighted by molar-refractivity contribution is 7.92. The number of hydrogen-bond donors (Lipinski definition) is 3. The first-order valence-electron chi connectivity index (χ1n) is 9.87. The number of carboxylic acids is 1. The van der Waals surface area contributed by atoms with E-state index in [-0.39, 0.29) is 27.0 Å². The number of pyridine rings is 1. The normalized spacial score (nSPS) is 11.9. The van der Waals surface area contributed by atoms with Crippen molar-refractivity contribution in [2.45, 2.75) is 24.2 Å². The third-order valence-corrected chi connectivity index (χ3v) is 6.71. The van der Waals surface area contributed by atoms with Gasteiger partial charge in [-0.3, -0.25) is 14.5 Å². The average molecular weight is 506 g/mol. The minimum atomic E-state index is -3.94. The van der Waals surface area contributed by atoms with Gasteiger partial charge in [0.1, 0.15) is 0 Å². The lowest BCUT2D eigenvalue weighted by atomic mass is 9.97. The van der Waals surface area contributed by atoms with E-state index in [4.69, 9.17) is 34.0 Å². The zero-order chi connectivity index (χ0) is 24.0. The second-order valence-corrected chi connectivity index (χ2v) is 9.63. The van der Waals surface area contributed by atoms with Gasteiger partial charge in [-0.1, -0.05) is 47.5 Å². The molecule has 0 saturated carbocycles. The SMILES string of the molecule is Nc1c(Cl)cc(S(=O)(=O)Nc2ccc(/C(=C/CCCC(=O)O)c3cccnc3)cc2)cc1Cl. The maximum absolute atomic E-state index is 12.8. The molecule has 3 rings (SSSR count). The topological polar surface area (TPSA) is 122 Å². The van der Waals surface area contributed by atoms with Crippen molar-refractivity contribution in [3.8, 4) is 0 Å². The summed E-state index contributed by atoms with van der Waals surface area (Å²) >= 11 is 11.9. The summed E-state index contributed by atoms with van der Waals surface area (Å²) in [6.07, 6.45) is 6.49. The number of anilines is 2. The van der Waals surface area contributed by atoms with Crippen molar-refractivity contribution in [1.82, 2.24) is 4.98 Å². The molecule has 0 spiro atoms. The van der Waals surface area contributed by atoms with Crippen LogP contribution in [0.3, 0.4) is 0 Å². The van der Waals surface area contributed by atoms with Crippen LogP contribution in [0.2, 0.25) is 10.0 Å². The summed E-state index contributed by atoms with van der Waals surface area (Å²) in [5.74, 6) is -0.841. The molecule has 0 bridgehead atoms. The highest BCUT2D eigenvalue weighted by atomic mass is 35.5. The molecule has 33 heavy (non-hydrogen) atoms. The molecule has 4 N–H and O–H groups in total. The molecule has 0 aliphatic carbocycles. The molecule has 0 atom stereocenters. The Labute approximate surface area is 201 Å². The fourth-order valence-corrected chi connectivity index (χ4v) is 4.80. The van der Waals surface area contributed by atoms with Crippen molar-refractivity contribution in [2.24, 2.45) is 0 Å². The van der Waals surface area contributed by atoms with Crippen LogP contribution in [0.15, 0.2) is 71.9 Å². The third kappa shape index (κ3) is 6.47. The smallest absolute Gasteiger partial charge is 0.303 e. The predicted octanol–water partition coefficient (Wildman–Crippen LogP) is 5.46. The van der Waals surface area contributed by atoms with E-state index in [9.17, 15) is 13.2 Å². The fourth-order valence-electron chi connectivity index (χ4n) is 3.07. The molecular weight excluding hydrogens is 485 g/mol. The summed E-state index contributed by atoms with van der Waals surface area (Å²) in [6, 6.07) is 13.0. The van der Waals surface area contributed by atoms with Gasteiger partial charge < -0.3 is 10.8 Å². The molecule has 7 nitrogen and oxygen atoms in total. The minimum Gasteiger partial charge on any atom is -0.481 e. The van der Waals surface area contributed by atoms with E-state index in [1.165, 1.54) is 12.1 Å². The number of nitrogen functional groups attached to an aromatic ring is 1. The van der Waals surface area contributed by atoms with Gasteiger partial charge in [0, 0.05) is 30.1 Å². The van der Waals surface area contributed by atoms with Crippen molar-refractivity contribution in [1.29, 1.82) is 0 Å². The number of halogens is 2. The molecule has 0 unspecified atom stereocenters. The Morgan fingerprint density at radius 2 is 1.76 bits per heavy atom. The maximum atomic E-state index is 12.8. The Hall–Kier alpha value is -3.07. The number of carbonyl (C=O) groups is 1. The van der Waals surface area contributed by atoms with Crippen molar-refractivity contribution >= 4 is 56.1 Å². The Morgan fingerprint density at radius 1 is 1.09 bits per heavy atom. The van der Waals surface area contributed by atoms with Gasteiger partial charge in [-0.05, 0) is 54.3 Å². The molecule has 10 heteroatoms. The zero-order valence-electron chi connectivity index (χ0n) is 17.3. The Kier molecular flexibility index (Phi) is 7.97. The molecule has 0 saturated heterocycles. The number of benzene rings is 2. The number of allylic oxidation sites excluding steroid dienone is 1. The van der Waals surface area contributed by atoms with Crippen LogP contribution >= 0.6 is 23.2 Å². The Balaban J connectivity index is 1.84. The summed E-state index contributed by atoms with van der Waals surface area (Å²) in [7, 11) is -3.94. The number of nitrogens with two attached hydrogens (primary N) is 1. The first-order chi connectivity index (χ1) is 15.7. The molecular formula is C23H21Cl2N3O4S. The molecule has 0 fully saturated rings. The Bertz CT molecular complexity index is 1260. The predicted molar refractivity (Wildman–Crippen MR) is 131 cm³/mol. The molecule has 2 aromatic carbocycles. The summed E-state index contributed by atoms with van der Waals surface area (Å²) in [6.45, 7) is 0. The van der Waals surface area contributed by atoms with Gasteiger partial charge in [0.05, 0.1) is 20.6 Å². The quantitative estimate of drug-likeness (QED) is 0.262. The standard InChI is InChI=1S/C23H21Cl2N3O4S/c24-20-12-18(13-21(25)23(20)26)33(31,32)28-17-9-7-15(8-10-17)19(5-1-2-6-22(29)30)16-4-3-11-27-14-16/h3-5,7-14,28H,1-2,6,26H2,(H,29,30)/b19-5-. The molecule has 0 radical (unpaired) electrons. The number of aromatic nitrogens is 1. The monoisotopic (exact) mass is 505 g/mol. The molecule has 1 heterocycles. The number of carboxylic acid groups (broad SMARTS) is 1. The third-order valence-electron chi connectivity index (χ3n) is 4.73. The van der Waals surface area contributed by atoms with Gasteiger partial charge in [0.25, 0.3) is 10.0 Å². The number of sulfonamides is 1. The van der Waals surface area contributed by atoms with Crippen molar-refractivity contribution in [2.75, 3.05) is 10.5 Å². The van der Waals surface area contributed by atoms with E-state index in [0.29, 0.717) is 18.5 Å². The number of hydrogen-bond acceptors (Lipinski definition) is 5. The van der Waals surface area contributed by atoms with Gasteiger partial charge in [-0.15, -0.1) is 0 Å². The highest BCUT2D eigenvalue weighted by Crippen LogP contribution is 2.32. The molecule has 0 aliphatic heterocycles. The summed E-state index contributed by atoms with van der Waals surface area (Å²) in [5, 5.41) is 8.95. The minimum absolute atomic E-state index is 0.0485. The molecule has 3 aromatic rings. The van der Waals surface area contributed by atoms with Crippen molar-refractivity contribution < 1.29 is 18.3 Å². The van der Waals surface area contributed by atoms with Gasteiger partial charge in [0.15, 0.2) is 0 Å². The highest BCUT2D eigenvalue weighted by Gasteiger charge is 2.18. The lowest BCUT2D eigenvalue weighted by molar-refractivity contribution is -0.137. The van der Waals surface area contributed by atoms with Crippen LogP contribution in [-0.4, -0.2) is 24.5 Å². The second-order valence-electron chi connectivity index (χ2n) is 7.13. The van der Waals surface area contributed by atoms with Crippen LogP contribution in [0.4, 0.5) is 11.4 Å². The summed E-state index contributed by atoms with van der Waals surface area (Å²) in [5.41, 5.74) is 8.71. The number of aliphatic carboxylic acids is 1. The zero-order valence-corrected chi connectivity index (χ0v) is 19.7. The Morgan fingerprint density at radius 3 is 2.33 bits per heavy atom. The van der Waals surface area contributed by atoms with E-state index < -0.39 is 16.0 Å². The van der Waals surface area contributed by atoms with Crippen LogP contribution in [-0.2, 0) is 14.8 Å². The first kappa shape index (κ1) is 24.6. The first-order valence-corrected chi connectivity index (χ1v) is 12.1. The number of nitrogens with one attached hydrogen (secondary N) is 1.